The number of ether oxygens (including phenoxy) is 3. The summed E-state index contributed by atoms with van der Waals surface area (Å²) in [6.07, 6.45) is 1.46. The van der Waals surface area contributed by atoms with Crippen LogP contribution in [0.3, 0.4) is 0 Å². The summed E-state index contributed by atoms with van der Waals surface area (Å²) in [5.41, 5.74) is 2.60. The molecule has 1 unspecified atom stereocenters. The summed E-state index contributed by atoms with van der Waals surface area (Å²) in [5.74, 6) is -0.319. The third-order valence-corrected chi connectivity index (χ3v) is 5.87. The van der Waals surface area contributed by atoms with Crippen molar-refractivity contribution >= 4 is 16.9 Å². The molecular formula is C26H20O7. The summed E-state index contributed by atoms with van der Waals surface area (Å²) in [6, 6.07) is 15.8. The van der Waals surface area contributed by atoms with Gasteiger partial charge in [0, 0.05) is 11.5 Å². The number of esters is 1. The van der Waals surface area contributed by atoms with E-state index in [0.717, 1.165) is 5.56 Å². The lowest BCUT2D eigenvalue weighted by atomic mass is 9.84. The van der Waals surface area contributed by atoms with Crippen molar-refractivity contribution in [3.8, 4) is 34.1 Å². The van der Waals surface area contributed by atoms with E-state index in [-0.39, 0.29) is 29.1 Å². The number of phenolic OH excluding ortho intramolecular Hbond substituents is 1. The number of carbonyl (C=O) groups excluding carboxylic acids is 1. The van der Waals surface area contributed by atoms with Gasteiger partial charge in [-0.25, -0.2) is 0 Å². The highest BCUT2D eigenvalue weighted by atomic mass is 16.5. The van der Waals surface area contributed by atoms with Gasteiger partial charge >= 0.3 is 5.97 Å². The standard InChI is InChI=1S/C26H20O7/c1-30-20-10-15(11-21(31-2)25(20)29)17-12-22(27)33-19-9-8-16-24(28)18(13-32-26(16)23(17)19)14-6-4-3-5-7-14/h3-11,13,17,29H,12H2,1-2H3. The monoisotopic (exact) mass is 444 g/mol. The molecule has 3 aromatic carbocycles. The van der Waals surface area contributed by atoms with Crippen molar-refractivity contribution in [2.24, 2.45) is 0 Å². The van der Waals surface area contributed by atoms with Crippen molar-refractivity contribution in [2.75, 3.05) is 14.2 Å². The van der Waals surface area contributed by atoms with Crippen LogP contribution < -0.4 is 19.6 Å². The Kier molecular flexibility index (Phi) is 5.01. The molecule has 1 aliphatic heterocycles. The second kappa shape index (κ2) is 8.02. The van der Waals surface area contributed by atoms with Gasteiger partial charge in [0.05, 0.1) is 31.6 Å². The van der Waals surface area contributed by atoms with Crippen molar-refractivity contribution in [1.29, 1.82) is 0 Å². The van der Waals surface area contributed by atoms with Gasteiger partial charge < -0.3 is 23.7 Å². The van der Waals surface area contributed by atoms with Gasteiger partial charge in [0.2, 0.25) is 11.2 Å². The van der Waals surface area contributed by atoms with Crippen molar-refractivity contribution in [2.45, 2.75) is 12.3 Å². The topological polar surface area (TPSA) is 95.2 Å². The molecule has 0 aliphatic carbocycles. The second-order valence-corrected chi connectivity index (χ2v) is 7.70. The van der Waals surface area contributed by atoms with Crippen molar-refractivity contribution in [3.63, 3.8) is 0 Å². The minimum Gasteiger partial charge on any atom is -0.502 e. The molecule has 1 aliphatic rings. The van der Waals surface area contributed by atoms with Crippen molar-refractivity contribution < 1.29 is 28.5 Å². The molecule has 0 spiro atoms. The van der Waals surface area contributed by atoms with Gasteiger partial charge in [-0.15, -0.1) is 0 Å². The number of phenols is 1. The summed E-state index contributed by atoms with van der Waals surface area (Å²) >= 11 is 0. The fraction of sp³-hybridized carbons (Fsp3) is 0.154. The van der Waals surface area contributed by atoms with Gasteiger partial charge in [-0.1, -0.05) is 30.3 Å². The molecule has 7 heteroatoms. The molecule has 0 amide bonds. The van der Waals surface area contributed by atoms with Gasteiger partial charge in [0.15, 0.2) is 11.5 Å². The smallest absolute Gasteiger partial charge is 0.312 e. The fourth-order valence-corrected chi connectivity index (χ4v) is 4.27. The average molecular weight is 444 g/mol. The molecule has 0 fully saturated rings. The fourth-order valence-electron chi connectivity index (χ4n) is 4.27. The minimum atomic E-state index is -0.501. The summed E-state index contributed by atoms with van der Waals surface area (Å²) in [6.45, 7) is 0. The van der Waals surface area contributed by atoms with Crippen LogP contribution in [0.25, 0.3) is 22.1 Å². The summed E-state index contributed by atoms with van der Waals surface area (Å²) in [5, 5.41) is 10.7. The van der Waals surface area contributed by atoms with E-state index in [4.69, 9.17) is 18.6 Å². The maximum absolute atomic E-state index is 13.3. The number of hydrogen-bond donors (Lipinski definition) is 1. The van der Waals surface area contributed by atoms with E-state index in [2.05, 4.69) is 0 Å². The van der Waals surface area contributed by atoms with E-state index in [1.165, 1.54) is 20.5 Å². The van der Waals surface area contributed by atoms with Crippen LogP contribution in [0.4, 0.5) is 0 Å². The lowest BCUT2D eigenvalue weighted by Gasteiger charge is -2.26. The lowest BCUT2D eigenvalue weighted by molar-refractivity contribution is -0.135. The summed E-state index contributed by atoms with van der Waals surface area (Å²) < 4.78 is 22.0. The maximum atomic E-state index is 13.3. The van der Waals surface area contributed by atoms with E-state index in [9.17, 15) is 14.7 Å². The number of rotatable bonds is 4. The van der Waals surface area contributed by atoms with E-state index in [0.29, 0.717) is 33.4 Å². The van der Waals surface area contributed by atoms with Gasteiger partial charge in [0.25, 0.3) is 0 Å². The molecule has 0 radical (unpaired) electrons. The first kappa shape index (κ1) is 20.6. The van der Waals surface area contributed by atoms with E-state index in [1.807, 2.05) is 30.3 Å². The molecule has 4 aromatic rings. The summed E-state index contributed by atoms with van der Waals surface area (Å²) in [4.78, 5) is 25.7. The van der Waals surface area contributed by atoms with Gasteiger partial charge in [-0.3, -0.25) is 9.59 Å². The Balaban J connectivity index is 1.75. The zero-order chi connectivity index (χ0) is 23.1. The second-order valence-electron chi connectivity index (χ2n) is 7.70. The molecule has 0 bridgehead atoms. The van der Waals surface area contributed by atoms with Crippen LogP contribution in [0.1, 0.15) is 23.5 Å². The molecule has 33 heavy (non-hydrogen) atoms. The Hall–Kier alpha value is -4.26. The van der Waals surface area contributed by atoms with E-state index in [1.54, 1.807) is 24.3 Å². The molecule has 5 rings (SSSR count). The number of hydrogen-bond acceptors (Lipinski definition) is 7. The SMILES string of the molecule is COc1cc(C2CC(=O)Oc3ccc4c(=O)c(-c5ccccc5)coc4c32)cc(OC)c1O. The molecule has 166 valence electrons. The number of methoxy groups -OCH3 is 2. The first-order valence-corrected chi connectivity index (χ1v) is 10.3. The quantitative estimate of drug-likeness (QED) is 0.362. The zero-order valence-electron chi connectivity index (χ0n) is 18.0. The van der Waals surface area contributed by atoms with E-state index < -0.39 is 11.9 Å². The Bertz CT molecular complexity index is 1410. The first-order valence-electron chi connectivity index (χ1n) is 10.3. The lowest BCUT2D eigenvalue weighted by Crippen LogP contribution is -2.22. The van der Waals surface area contributed by atoms with Crippen LogP contribution in [0, 0.1) is 0 Å². The van der Waals surface area contributed by atoms with Crippen molar-refractivity contribution in [1.82, 2.24) is 0 Å². The molecular weight excluding hydrogens is 424 g/mol. The van der Waals surface area contributed by atoms with Crippen LogP contribution in [0.15, 0.2) is 70.1 Å². The average Bonchev–Trinajstić information content (AvgIpc) is 2.84. The number of benzene rings is 3. The van der Waals surface area contributed by atoms with Gasteiger partial charge in [-0.2, -0.15) is 0 Å². The highest BCUT2D eigenvalue weighted by Crippen LogP contribution is 2.46. The molecule has 2 heterocycles. The number of aromatic hydroxyl groups is 1. The molecule has 0 saturated heterocycles. The predicted molar refractivity (Wildman–Crippen MR) is 121 cm³/mol. The third kappa shape index (κ3) is 3.38. The third-order valence-electron chi connectivity index (χ3n) is 5.87. The normalized spacial score (nSPS) is 15.1. The van der Waals surface area contributed by atoms with Crippen LogP contribution in [-0.4, -0.2) is 25.3 Å². The molecule has 1 N–H and O–H groups in total. The summed E-state index contributed by atoms with van der Waals surface area (Å²) in [7, 11) is 2.86. The predicted octanol–water partition coefficient (Wildman–Crippen LogP) is 4.62. The minimum absolute atomic E-state index is 0.0212. The Morgan fingerprint density at radius 1 is 0.970 bits per heavy atom. The van der Waals surface area contributed by atoms with Crippen molar-refractivity contribution in [3.05, 3.63) is 82.2 Å². The molecule has 7 nitrogen and oxygen atoms in total. The first-order chi connectivity index (χ1) is 16.0. The number of fused-ring (bicyclic) bond motifs is 3. The Morgan fingerprint density at radius 3 is 2.33 bits per heavy atom. The molecule has 1 atom stereocenters. The maximum Gasteiger partial charge on any atom is 0.312 e. The molecule has 0 saturated carbocycles. The van der Waals surface area contributed by atoms with E-state index >= 15 is 0 Å². The van der Waals surface area contributed by atoms with Crippen LogP contribution in [0.5, 0.6) is 23.0 Å². The molecule has 1 aromatic heterocycles. The highest BCUT2D eigenvalue weighted by Gasteiger charge is 2.33. The Labute approximate surface area is 188 Å². The van der Waals surface area contributed by atoms with Gasteiger partial charge in [-0.05, 0) is 35.4 Å². The van der Waals surface area contributed by atoms with Crippen LogP contribution in [-0.2, 0) is 4.79 Å². The van der Waals surface area contributed by atoms with Crippen LogP contribution in [0.2, 0.25) is 0 Å². The number of carbonyl (C=O) groups is 1. The zero-order valence-corrected chi connectivity index (χ0v) is 18.0. The van der Waals surface area contributed by atoms with Gasteiger partial charge in [0.1, 0.15) is 17.6 Å². The Morgan fingerprint density at radius 2 is 1.67 bits per heavy atom. The highest BCUT2D eigenvalue weighted by molar-refractivity contribution is 5.90. The largest absolute Gasteiger partial charge is 0.502 e. The van der Waals surface area contributed by atoms with Crippen LogP contribution >= 0.6 is 0 Å².